The molecular weight excluding hydrogens is 354 g/mol. The molecule has 23 heavy (non-hydrogen) atoms. The zero-order chi connectivity index (χ0) is 17.2. The van der Waals surface area contributed by atoms with Crippen molar-refractivity contribution in [3.8, 4) is 0 Å². The fraction of sp³-hybridized carbons (Fsp3) is 0.526. The lowest BCUT2D eigenvalue weighted by Crippen LogP contribution is -2.52. The molecule has 0 aliphatic carbocycles. The Morgan fingerprint density at radius 2 is 1.96 bits per heavy atom. The van der Waals surface area contributed by atoms with Gasteiger partial charge in [0.2, 0.25) is 0 Å². The normalized spacial score (nSPS) is 22.9. The molecule has 0 bridgehead atoms. The Bertz CT molecular complexity index is 582. The summed E-state index contributed by atoms with van der Waals surface area (Å²) in [6, 6.07) is 8.09. The van der Waals surface area contributed by atoms with Gasteiger partial charge in [0, 0.05) is 23.9 Å². The van der Waals surface area contributed by atoms with E-state index in [0.717, 1.165) is 28.5 Å². The first-order valence-corrected chi connectivity index (χ1v) is 8.94. The zero-order valence-corrected chi connectivity index (χ0v) is 16.0. The van der Waals surface area contributed by atoms with E-state index in [1.807, 2.05) is 43.0 Å². The van der Waals surface area contributed by atoms with Crippen LogP contribution in [0.5, 0.6) is 0 Å². The molecule has 0 N–H and O–H groups in total. The molecule has 0 radical (unpaired) electrons. The number of benzene rings is 1. The largest absolute Gasteiger partial charge is 0.442 e. The number of rotatable bonds is 5. The second-order valence-corrected chi connectivity index (χ2v) is 7.81. The third-order valence-electron chi connectivity index (χ3n) is 4.77. The first kappa shape index (κ1) is 18.1. The maximum atomic E-state index is 12.6. The topological polar surface area (TPSA) is 29.5 Å². The molecule has 2 atom stereocenters. The van der Waals surface area contributed by atoms with Crippen LogP contribution in [-0.2, 0) is 4.74 Å². The Balaban J connectivity index is 2.15. The summed E-state index contributed by atoms with van der Waals surface area (Å²) >= 11 is 3.44. The fourth-order valence-corrected chi connectivity index (χ4v) is 3.47. The summed E-state index contributed by atoms with van der Waals surface area (Å²) < 4.78 is 6.98. The highest BCUT2D eigenvalue weighted by Gasteiger charge is 2.44. The second kappa shape index (κ2) is 7.08. The Labute approximate surface area is 147 Å². The van der Waals surface area contributed by atoms with Crippen LogP contribution < -0.4 is 0 Å². The van der Waals surface area contributed by atoms with E-state index in [1.165, 1.54) is 0 Å². The second-order valence-electron chi connectivity index (χ2n) is 6.89. The van der Waals surface area contributed by atoms with Crippen LogP contribution in [0.2, 0.25) is 0 Å². The molecule has 3 nitrogen and oxygen atoms in total. The molecule has 0 spiro atoms. The van der Waals surface area contributed by atoms with Crippen molar-refractivity contribution in [2.45, 2.75) is 52.2 Å². The SMILES string of the molecule is C=C(C)C[C@]1(C(C)C)CCN([C@@H](C)c2ccc(Br)cc2)C(=O)O1. The molecule has 0 aromatic heterocycles. The van der Waals surface area contributed by atoms with E-state index in [0.29, 0.717) is 6.54 Å². The van der Waals surface area contributed by atoms with E-state index in [1.54, 1.807) is 0 Å². The van der Waals surface area contributed by atoms with Crippen LogP contribution in [0, 0.1) is 5.92 Å². The molecule has 1 aromatic rings. The minimum atomic E-state index is -0.418. The molecule has 4 heteroatoms. The first-order valence-electron chi connectivity index (χ1n) is 8.14. The standard InChI is InChI=1S/C19H26BrNO2/c1-13(2)12-19(14(3)4)10-11-21(18(22)23-19)15(5)16-6-8-17(20)9-7-16/h6-9,14-15H,1,10-12H2,2-5H3/t15-,19-/m0/s1. The Hall–Kier alpha value is -1.29. The maximum Gasteiger partial charge on any atom is 0.410 e. The minimum Gasteiger partial charge on any atom is -0.442 e. The number of hydrogen-bond donors (Lipinski definition) is 0. The van der Waals surface area contributed by atoms with Crippen molar-refractivity contribution < 1.29 is 9.53 Å². The van der Waals surface area contributed by atoms with Crippen molar-refractivity contribution in [3.63, 3.8) is 0 Å². The fourth-order valence-electron chi connectivity index (χ4n) is 3.20. The van der Waals surface area contributed by atoms with E-state index in [4.69, 9.17) is 4.74 Å². The lowest BCUT2D eigenvalue weighted by Gasteiger charge is -2.45. The van der Waals surface area contributed by atoms with E-state index in [9.17, 15) is 4.79 Å². The quantitative estimate of drug-likeness (QED) is 0.612. The van der Waals surface area contributed by atoms with Gasteiger partial charge in [0.15, 0.2) is 0 Å². The number of amides is 1. The Morgan fingerprint density at radius 3 is 2.43 bits per heavy atom. The summed E-state index contributed by atoms with van der Waals surface area (Å²) in [5.41, 5.74) is 1.75. The van der Waals surface area contributed by atoms with Gasteiger partial charge in [0.25, 0.3) is 0 Å². The van der Waals surface area contributed by atoms with E-state index < -0.39 is 5.60 Å². The van der Waals surface area contributed by atoms with Gasteiger partial charge >= 0.3 is 6.09 Å². The highest BCUT2D eigenvalue weighted by Crippen LogP contribution is 2.38. The van der Waals surface area contributed by atoms with Gasteiger partial charge in [-0.25, -0.2) is 4.79 Å². The third-order valence-corrected chi connectivity index (χ3v) is 5.30. The summed E-state index contributed by atoms with van der Waals surface area (Å²) in [5.74, 6) is 0.272. The first-order chi connectivity index (χ1) is 10.7. The third kappa shape index (κ3) is 3.97. The van der Waals surface area contributed by atoms with Gasteiger partial charge in [0.05, 0.1) is 6.04 Å². The lowest BCUT2D eigenvalue weighted by molar-refractivity contribution is -0.0819. The van der Waals surface area contributed by atoms with Gasteiger partial charge in [-0.3, -0.25) is 0 Å². The van der Waals surface area contributed by atoms with Crippen LogP contribution in [-0.4, -0.2) is 23.1 Å². The van der Waals surface area contributed by atoms with Gasteiger partial charge in [-0.1, -0.05) is 54.1 Å². The van der Waals surface area contributed by atoms with Crippen molar-refractivity contribution in [1.29, 1.82) is 0 Å². The molecule has 1 fully saturated rings. The highest BCUT2D eigenvalue weighted by atomic mass is 79.9. The van der Waals surface area contributed by atoms with Crippen molar-refractivity contribution in [2.24, 2.45) is 5.92 Å². The zero-order valence-electron chi connectivity index (χ0n) is 14.4. The number of cyclic esters (lactones) is 1. The van der Waals surface area contributed by atoms with Crippen LogP contribution >= 0.6 is 15.9 Å². The van der Waals surface area contributed by atoms with Gasteiger partial charge in [-0.05, 0) is 37.5 Å². The smallest absolute Gasteiger partial charge is 0.410 e. The molecule has 1 saturated heterocycles. The molecule has 0 unspecified atom stereocenters. The average Bonchev–Trinajstić information content (AvgIpc) is 2.46. The van der Waals surface area contributed by atoms with Crippen LogP contribution in [0.15, 0.2) is 40.9 Å². The molecule has 126 valence electrons. The summed E-state index contributed by atoms with van der Waals surface area (Å²) in [6.07, 6.45) is 1.35. The molecule has 1 amide bonds. The molecule has 1 aromatic carbocycles. The van der Waals surface area contributed by atoms with Crippen molar-refractivity contribution in [3.05, 3.63) is 46.5 Å². The molecule has 1 aliphatic rings. The summed E-state index contributed by atoms with van der Waals surface area (Å²) in [6.45, 7) is 13.0. The lowest BCUT2D eigenvalue weighted by atomic mass is 9.80. The van der Waals surface area contributed by atoms with Gasteiger partial charge in [-0.2, -0.15) is 0 Å². The monoisotopic (exact) mass is 379 g/mol. The summed E-state index contributed by atoms with van der Waals surface area (Å²) in [5, 5.41) is 0. The van der Waals surface area contributed by atoms with E-state index >= 15 is 0 Å². The number of hydrogen-bond acceptors (Lipinski definition) is 2. The maximum absolute atomic E-state index is 12.6. The predicted octanol–water partition coefficient (Wildman–Crippen LogP) is 5.71. The number of carbonyl (C=O) groups excluding carboxylic acids is 1. The van der Waals surface area contributed by atoms with Crippen LogP contribution in [0.4, 0.5) is 4.79 Å². The van der Waals surface area contributed by atoms with Crippen LogP contribution in [0.1, 0.15) is 52.1 Å². The summed E-state index contributed by atoms with van der Waals surface area (Å²) in [7, 11) is 0. The van der Waals surface area contributed by atoms with E-state index in [2.05, 4.69) is 36.4 Å². The Morgan fingerprint density at radius 1 is 1.35 bits per heavy atom. The Kier molecular flexibility index (Phi) is 5.56. The van der Waals surface area contributed by atoms with Crippen molar-refractivity contribution >= 4 is 22.0 Å². The van der Waals surface area contributed by atoms with Crippen LogP contribution in [0.3, 0.4) is 0 Å². The van der Waals surface area contributed by atoms with Crippen LogP contribution in [0.25, 0.3) is 0 Å². The number of ether oxygens (including phenoxy) is 1. The number of halogens is 1. The minimum absolute atomic E-state index is 0.00518. The van der Waals surface area contributed by atoms with Crippen molar-refractivity contribution in [1.82, 2.24) is 4.90 Å². The molecule has 1 heterocycles. The highest BCUT2D eigenvalue weighted by molar-refractivity contribution is 9.10. The number of carbonyl (C=O) groups is 1. The molecular formula is C19H26BrNO2. The predicted molar refractivity (Wildman–Crippen MR) is 97.4 cm³/mol. The van der Waals surface area contributed by atoms with Crippen molar-refractivity contribution in [2.75, 3.05) is 6.54 Å². The molecule has 2 rings (SSSR count). The average molecular weight is 380 g/mol. The van der Waals surface area contributed by atoms with Gasteiger partial charge in [-0.15, -0.1) is 0 Å². The molecule has 0 saturated carbocycles. The van der Waals surface area contributed by atoms with Gasteiger partial charge < -0.3 is 9.64 Å². The number of nitrogens with zero attached hydrogens (tertiary/aromatic N) is 1. The van der Waals surface area contributed by atoms with Gasteiger partial charge in [0.1, 0.15) is 5.60 Å². The van der Waals surface area contributed by atoms with E-state index in [-0.39, 0.29) is 18.1 Å². The summed E-state index contributed by atoms with van der Waals surface area (Å²) in [4.78, 5) is 14.5. The molecule has 1 aliphatic heterocycles.